The molecule has 2 aromatic heterocycles. The number of benzene rings is 2. The van der Waals surface area contributed by atoms with Gasteiger partial charge in [-0.15, -0.1) is 0 Å². The second-order valence-electron chi connectivity index (χ2n) is 7.06. The number of hydrogen-bond acceptors (Lipinski definition) is 6. The number of ether oxygens (including phenoxy) is 1. The summed E-state index contributed by atoms with van der Waals surface area (Å²) in [5.74, 6) is 1.89. The van der Waals surface area contributed by atoms with E-state index >= 15 is 0 Å². The van der Waals surface area contributed by atoms with Crippen molar-refractivity contribution in [3.05, 3.63) is 54.5 Å². The molecular formula is C21H22N6O. The second-order valence-corrected chi connectivity index (χ2v) is 7.06. The normalized spacial score (nSPS) is 15.4. The first-order valence-corrected chi connectivity index (χ1v) is 9.50. The van der Waals surface area contributed by atoms with Crippen molar-refractivity contribution in [2.24, 2.45) is 0 Å². The minimum atomic E-state index is 0.849. The van der Waals surface area contributed by atoms with Crippen molar-refractivity contribution in [2.75, 3.05) is 38.2 Å². The third-order valence-corrected chi connectivity index (χ3v) is 5.42. The second kappa shape index (κ2) is 7.09. The lowest BCUT2D eigenvalue weighted by atomic mass is 10.1. The maximum absolute atomic E-state index is 5.36. The third kappa shape index (κ3) is 3.03. The molecule has 142 valence electrons. The van der Waals surface area contributed by atoms with Crippen LogP contribution in [-0.2, 0) is 6.54 Å². The number of nitrogens with zero attached hydrogens (tertiary/aromatic N) is 5. The molecule has 1 aliphatic rings. The fourth-order valence-corrected chi connectivity index (χ4v) is 3.87. The SMILES string of the molecule is COc1ccc2n[nH]c(CN3CCN(c4ncnc5ccccc45)CC3)c2c1. The van der Waals surface area contributed by atoms with Crippen LogP contribution in [0, 0.1) is 0 Å². The van der Waals surface area contributed by atoms with Crippen molar-refractivity contribution in [3.8, 4) is 5.75 Å². The summed E-state index contributed by atoms with van der Waals surface area (Å²) >= 11 is 0. The molecule has 2 aromatic carbocycles. The molecule has 1 N–H and O–H groups in total. The number of aromatic amines is 1. The zero-order chi connectivity index (χ0) is 18.9. The van der Waals surface area contributed by atoms with Gasteiger partial charge in [0.2, 0.25) is 0 Å². The highest BCUT2D eigenvalue weighted by atomic mass is 16.5. The molecule has 0 bridgehead atoms. The van der Waals surface area contributed by atoms with Crippen LogP contribution in [0.4, 0.5) is 5.82 Å². The van der Waals surface area contributed by atoms with E-state index in [2.05, 4.69) is 42.1 Å². The topological polar surface area (TPSA) is 70.2 Å². The molecule has 0 unspecified atom stereocenters. The lowest BCUT2D eigenvalue weighted by molar-refractivity contribution is 0.247. The number of anilines is 1. The van der Waals surface area contributed by atoms with Crippen LogP contribution in [0.2, 0.25) is 0 Å². The molecule has 7 nitrogen and oxygen atoms in total. The molecule has 1 aliphatic heterocycles. The van der Waals surface area contributed by atoms with Gasteiger partial charge < -0.3 is 9.64 Å². The molecule has 0 atom stereocenters. The molecule has 7 heteroatoms. The standard InChI is InChI=1S/C21H22N6O/c1-28-15-6-7-19-17(12-15)20(25-24-19)13-26-8-10-27(11-9-26)21-16-4-2-3-5-18(16)22-14-23-21/h2-7,12,14H,8-11,13H2,1H3,(H,24,25). The summed E-state index contributed by atoms with van der Waals surface area (Å²) in [5, 5.41) is 9.86. The number of fused-ring (bicyclic) bond motifs is 2. The van der Waals surface area contributed by atoms with Crippen LogP contribution >= 0.6 is 0 Å². The fourth-order valence-electron chi connectivity index (χ4n) is 3.87. The average Bonchev–Trinajstić information content (AvgIpc) is 3.16. The van der Waals surface area contributed by atoms with Crippen LogP contribution in [0.5, 0.6) is 5.75 Å². The number of nitrogens with one attached hydrogen (secondary N) is 1. The van der Waals surface area contributed by atoms with Crippen molar-refractivity contribution in [2.45, 2.75) is 6.54 Å². The quantitative estimate of drug-likeness (QED) is 0.592. The van der Waals surface area contributed by atoms with Gasteiger partial charge in [0.15, 0.2) is 0 Å². The number of aromatic nitrogens is 4. The Bertz CT molecular complexity index is 1110. The van der Waals surface area contributed by atoms with Gasteiger partial charge in [-0.05, 0) is 30.3 Å². The number of piperazine rings is 1. The minimum absolute atomic E-state index is 0.849. The molecule has 1 fully saturated rings. The van der Waals surface area contributed by atoms with Gasteiger partial charge in [0.1, 0.15) is 17.9 Å². The number of para-hydroxylation sites is 1. The predicted molar refractivity (Wildman–Crippen MR) is 110 cm³/mol. The van der Waals surface area contributed by atoms with Crippen LogP contribution < -0.4 is 9.64 Å². The van der Waals surface area contributed by atoms with Gasteiger partial charge in [-0.1, -0.05) is 12.1 Å². The van der Waals surface area contributed by atoms with Gasteiger partial charge in [0, 0.05) is 43.5 Å². The van der Waals surface area contributed by atoms with Gasteiger partial charge >= 0.3 is 0 Å². The van der Waals surface area contributed by atoms with Gasteiger partial charge in [0.25, 0.3) is 0 Å². The third-order valence-electron chi connectivity index (χ3n) is 5.42. The molecule has 4 aromatic rings. The number of methoxy groups -OCH3 is 1. The molecule has 28 heavy (non-hydrogen) atoms. The molecule has 0 amide bonds. The predicted octanol–water partition coefficient (Wildman–Crippen LogP) is 2.84. The Kier molecular flexibility index (Phi) is 4.29. The summed E-state index contributed by atoms with van der Waals surface area (Å²) in [4.78, 5) is 13.7. The number of H-pyrrole nitrogens is 1. The summed E-state index contributed by atoms with van der Waals surface area (Å²) in [6.07, 6.45) is 1.66. The van der Waals surface area contributed by atoms with E-state index in [1.165, 1.54) is 0 Å². The summed E-state index contributed by atoms with van der Waals surface area (Å²) in [7, 11) is 1.69. The van der Waals surface area contributed by atoms with Crippen LogP contribution in [0.15, 0.2) is 48.8 Å². The number of hydrogen-bond donors (Lipinski definition) is 1. The van der Waals surface area contributed by atoms with E-state index in [0.717, 1.165) is 71.8 Å². The molecule has 5 rings (SSSR count). The highest BCUT2D eigenvalue weighted by Crippen LogP contribution is 2.25. The summed E-state index contributed by atoms with van der Waals surface area (Å²) in [6, 6.07) is 14.2. The van der Waals surface area contributed by atoms with Crippen molar-refractivity contribution < 1.29 is 4.74 Å². The summed E-state index contributed by atoms with van der Waals surface area (Å²) in [6.45, 7) is 4.68. The smallest absolute Gasteiger partial charge is 0.139 e. The Hall–Kier alpha value is -3.19. The average molecular weight is 374 g/mol. The van der Waals surface area contributed by atoms with Gasteiger partial charge in [0.05, 0.1) is 23.8 Å². The van der Waals surface area contributed by atoms with Crippen LogP contribution in [0.3, 0.4) is 0 Å². The molecular weight excluding hydrogens is 352 g/mol. The van der Waals surface area contributed by atoms with E-state index in [1.807, 2.05) is 30.3 Å². The Morgan fingerprint density at radius 1 is 0.964 bits per heavy atom. The minimum Gasteiger partial charge on any atom is -0.497 e. The van der Waals surface area contributed by atoms with Crippen LogP contribution in [0.25, 0.3) is 21.8 Å². The van der Waals surface area contributed by atoms with Gasteiger partial charge in [-0.3, -0.25) is 10.00 Å². The molecule has 3 heterocycles. The van der Waals surface area contributed by atoms with Crippen LogP contribution in [0.1, 0.15) is 5.69 Å². The van der Waals surface area contributed by atoms with E-state index in [-0.39, 0.29) is 0 Å². The lowest BCUT2D eigenvalue weighted by Gasteiger charge is -2.35. The zero-order valence-corrected chi connectivity index (χ0v) is 15.8. The summed E-state index contributed by atoms with van der Waals surface area (Å²) < 4.78 is 5.36. The van der Waals surface area contributed by atoms with E-state index < -0.39 is 0 Å². The Balaban J connectivity index is 1.31. The fraction of sp³-hybridized carbons (Fsp3) is 0.286. The first kappa shape index (κ1) is 16.9. The molecule has 0 aliphatic carbocycles. The van der Waals surface area contributed by atoms with Crippen molar-refractivity contribution in [1.29, 1.82) is 0 Å². The van der Waals surface area contributed by atoms with Gasteiger partial charge in [-0.2, -0.15) is 5.10 Å². The molecule has 0 spiro atoms. The van der Waals surface area contributed by atoms with Crippen molar-refractivity contribution >= 4 is 27.6 Å². The van der Waals surface area contributed by atoms with Crippen molar-refractivity contribution in [3.63, 3.8) is 0 Å². The van der Waals surface area contributed by atoms with Gasteiger partial charge in [-0.25, -0.2) is 9.97 Å². The van der Waals surface area contributed by atoms with Crippen molar-refractivity contribution in [1.82, 2.24) is 25.1 Å². The van der Waals surface area contributed by atoms with E-state index in [1.54, 1.807) is 13.4 Å². The highest BCUT2D eigenvalue weighted by molar-refractivity contribution is 5.89. The Morgan fingerprint density at radius 3 is 2.68 bits per heavy atom. The first-order valence-electron chi connectivity index (χ1n) is 9.50. The Labute approximate surface area is 163 Å². The Morgan fingerprint density at radius 2 is 1.82 bits per heavy atom. The largest absolute Gasteiger partial charge is 0.497 e. The monoisotopic (exact) mass is 374 g/mol. The van der Waals surface area contributed by atoms with Crippen LogP contribution in [-0.4, -0.2) is 58.4 Å². The maximum Gasteiger partial charge on any atom is 0.139 e. The highest BCUT2D eigenvalue weighted by Gasteiger charge is 2.21. The molecule has 0 radical (unpaired) electrons. The maximum atomic E-state index is 5.36. The number of rotatable bonds is 4. The van der Waals surface area contributed by atoms with E-state index in [0.29, 0.717) is 0 Å². The lowest BCUT2D eigenvalue weighted by Crippen LogP contribution is -2.46. The summed E-state index contributed by atoms with van der Waals surface area (Å²) in [5.41, 5.74) is 3.10. The first-order chi connectivity index (χ1) is 13.8. The van der Waals surface area contributed by atoms with E-state index in [9.17, 15) is 0 Å². The van der Waals surface area contributed by atoms with E-state index in [4.69, 9.17) is 4.74 Å². The molecule has 0 saturated carbocycles. The zero-order valence-electron chi connectivity index (χ0n) is 15.8. The molecule has 1 saturated heterocycles.